The summed E-state index contributed by atoms with van der Waals surface area (Å²) in [6.07, 6.45) is 0. The molecule has 72 valence electrons. The van der Waals surface area contributed by atoms with E-state index in [1.807, 2.05) is 5.32 Å². The molecule has 0 aromatic rings. The van der Waals surface area contributed by atoms with Crippen LogP contribution in [0, 0.1) is 5.92 Å². The van der Waals surface area contributed by atoms with Crippen LogP contribution in [0.1, 0.15) is 6.92 Å². The van der Waals surface area contributed by atoms with E-state index >= 15 is 0 Å². The first-order valence-electron chi connectivity index (χ1n) is 3.75. The third kappa shape index (κ3) is 1.77. The highest BCUT2D eigenvalue weighted by Crippen LogP contribution is 2.08. The predicted octanol–water partition coefficient (Wildman–Crippen LogP) is -0.997. The van der Waals surface area contributed by atoms with Gasteiger partial charge in [-0.1, -0.05) is 6.92 Å². The van der Waals surface area contributed by atoms with E-state index in [2.05, 4.69) is 10.1 Å². The smallest absolute Gasteiger partial charge is 0.329 e. The molecule has 3 amide bonds. The van der Waals surface area contributed by atoms with Gasteiger partial charge in [0.2, 0.25) is 5.91 Å². The summed E-state index contributed by atoms with van der Waals surface area (Å²) < 4.78 is 4.42. The molecule has 1 aliphatic heterocycles. The topological polar surface area (TPSA) is 84.5 Å². The molecule has 2 N–H and O–H groups in total. The number of hydrogen-bond donors (Lipinski definition) is 2. The zero-order valence-corrected chi connectivity index (χ0v) is 7.29. The monoisotopic (exact) mass is 186 g/mol. The second kappa shape index (κ2) is 3.42. The maximum atomic E-state index is 11.1. The molecule has 1 saturated heterocycles. The number of amides is 3. The van der Waals surface area contributed by atoms with Crippen LogP contribution in [0.4, 0.5) is 4.79 Å². The summed E-state index contributed by atoms with van der Waals surface area (Å²) in [6.45, 7) is 1.54. The Kier molecular flexibility index (Phi) is 2.50. The minimum absolute atomic E-state index is 0.473. The number of esters is 1. The van der Waals surface area contributed by atoms with Gasteiger partial charge < -0.3 is 10.1 Å². The molecule has 6 heteroatoms. The summed E-state index contributed by atoms with van der Waals surface area (Å²) in [7, 11) is 1.20. The summed E-state index contributed by atoms with van der Waals surface area (Å²) in [4.78, 5) is 32.9. The predicted molar refractivity (Wildman–Crippen MR) is 41.6 cm³/mol. The number of methoxy groups -OCH3 is 1. The molecule has 0 radical (unpaired) electrons. The van der Waals surface area contributed by atoms with Crippen molar-refractivity contribution in [2.24, 2.45) is 5.92 Å². The number of hydrogen-bond acceptors (Lipinski definition) is 4. The Morgan fingerprint density at radius 2 is 2.08 bits per heavy atom. The maximum absolute atomic E-state index is 11.1. The standard InChI is InChI=1S/C7H10N2O4/c1-3-4(6(11)13-2)8-7(12)9-5(3)10/h3-4H,1-2H3,(H2,8,9,10,12)/t3-,4-/m0/s1. The van der Waals surface area contributed by atoms with Crippen LogP contribution >= 0.6 is 0 Å². The summed E-state index contributed by atoms with van der Waals surface area (Å²) >= 11 is 0. The van der Waals surface area contributed by atoms with Crippen LogP contribution < -0.4 is 10.6 Å². The number of imide groups is 1. The normalized spacial score (nSPS) is 27.5. The molecule has 1 aliphatic rings. The first kappa shape index (κ1) is 9.50. The SMILES string of the molecule is COC(=O)[C@H]1NC(=O)NC(=O)[C@H]1C. The molecule has 1 fully saturated rings. The first-order valence-corrected chi connectivity index (χ1v) is 3.75. The van der Waals surface area contributed by atoms with Crippen LogP contribution in [-0.2, 0) is 14.3 Å². The summed E-state index contributed by atoms with van der Waals surface area (Å²) in [5.74, 6) is -1.69. The van der Waals surface area contributed by atoms with E-state index in [-0.39, 0.29) is 0 Å². The Balaban J connectivity index is 2.77. The number of urea groups is 1. The van der Waals surface area contributed by atoms with Gasteiger partial charge in [-0.3, -0.25) is 10.1 Å². The fourth-order valence-electron chi connectivity index (χ4n) is 1.07. The lowest BCUT2D eigenvalue weighted by Gasteiger charge is -2.26. The molecule has 0 saturated carbocycles. The molecule has 0 unspecified atom stereocenters. The fraction of sp³-hybridized carbons (Fsp3) is 0.571. The van der Waals surface area contributed by atoms with Crippen molar-refractivity contribution in [1.82, 2.24) is 10.6 Å². The van der Waals surface area contributed by atoms with Crippen LogP contribution in [-0.4, -0.2) is 31.1 Å². The van der Waals surface area contributed by atoms with Gasteiger partial charge in [-0.05, 0) is 0 Å². The molecule has 0 aliphatic carbocycles. The molecule has 0 bridgehead atoms. The Morgan fingerprint density at radius 1 is 1.46 bits per heavy atom. The van der Waals surface area contributed by atoms with E-state index in [1.54, 1.807) is 0 Å². The van der Waals surface area contributed by atoms with E-state index in [0.717, 1.165) is 0 Å². The van der Waals surface area contributed by atoms with E-state index in [0.29, 0.717) is 0 Å². The number of nitrogens with one attached hydrogen (secondary N) is 2. The largest absolute Gasteiger partial charge is 0.467 e. The fourth-order valence-corrected chi connectivity index (χ4v) is 1.07. The van der Waals surface area contributed by atoms with Gasteiger partial charge in [0.05, 0.1) is 13.0 Å². The molecule has 0 spiro atoms. The number of ether oxygens (including phenoxy) is 1. The van der Waals surface area contributed by atoms with Crippen molar-refractivity contribution in [3.05, 3.63) is 0 Å². The number of rotatable bonds is 1. The third-order valence-corrected chi connectivity index (χ3v) is 1.89. The van der Waals surface area contributed by atoms with E-state index < -0.39 is 29.9 Å². The average molecular weight is 186 g/mol. The van der Waals surface area contributed by atoms with Crippen molar-refractivity contribution in [1.29, 1.82) is 0 Å². The van der Waals surface area contributed by atoms with E-state index in [9.17, 15) is 14.4 Å². The van der Waals surface area contributed by atoms with Gasteiger partial charge in [-0.25, -0.2) is 9.59 Å². The van der Waals surface area contributed by atoms with Crippen molar-refractivity contribution < 1.29 is 19.1 Å². The minimum atomic E-state index is -0.883. The van der Waals surface area contributed by atoms with Gasteiger partial charge in [0.15, 0.2) is 0 Å². The highest BCUT2D eigenvalue weighted by Gasteiger charge is 2.37. The van der Waals surface area contributed by atoms with Crippen molar-refractivity contribution in [2.45, 2.75) is 13.0 Å². The number of carbonyl (C=O) groups excluding carboxylic acids is 3. The summed E-state index contributed by atoms with van der Waals surface area (Å²) in [6, 6.07) is -1.55. The molecule has 1 heterocycles. The number of carbonyl (C=O) groups is 3. The quantitative estimate of drug-likeness (QED) is 0.514. The second-order valence-electron chi connectivity index (χ2n) is 2.75. The van der Waals surface area contributed by atoms with Gasteiger partial charge in [0.25, 0.3) is 0 Å². The molecule has 6 nitrogen and oxygen atoms in total. The van der Waals surface area contributed by atoms with Crippen LogP contribution in [0.3, 0.4) is 0 Å². The lowest BCUT2D eigenvalue weighted by atomic mass is 9.99. The van der Waals surface area contributed by atoms with Gasteiger partial charge in [-0.2, -0.15) is 0 Å². The Labute approximate surface area is 74.6 Å². The van der Waals surface area contributed by atoms with Crippen molar-refractivity contribution in [3.8, 4) is 0 Å². The van der Waals surface area contributed by atoms with Gasteiger partial charge >= 0.3 is 12.0 Å². The zero-order chi connectivity index (χ0) is 10.0. The minimum Gasteiger partial charge on any atom is -0.467 e. The molecule has 0 aromatic heterocycles. The highest BCUT2D eigenvalue weighted by atomic mass is 16.5. The van der Waals surface area contributed by atoms with E-state index in [1.165, 1.54) is 14.0 Å². The second-order valence-corrected chi connectivity index (χ2v) is 2.75. The molecular weight excluding hydrogens is 176 g/mol. The lowest BCUT2D eigenvalue weighted by molar-refractivity contribution is -0.147. The Bertz CT molecular complexity index is 263. The summed E-state index contributed by atoms with van der Waals surface area (Å²) in [5, 5.41) is 4.34. The van der Waals surface area contributed by atoms with Crippen LogP contribution in [0.2, 0.25) is 0 Å². The molecule has 0 aromatic carbocycles. The third-order valence-electron chi connectivity index (χ3n) is 1.89. The highest BCUT2D eigenvalue weighted by molar-refractivity contribution is 6.02. The van der Waals surface area contributed by atoms with E-state index in [4.69, 9.17) is 0 Å². The van der Waals surface area contributed by atoms with Crippen molar-refractivity contribution in [3.63, 3.8) is 0 Å². The Hall–Kier alpha value is -1.59. The zero-order valence-electron chi connectivity index (χ0n) is 7.29. The van der Waals surface area contributed by atoms with Crippen LogP contribution in [0.25, 0.3) is 0 Å². The van der Waals surface area contributed by atoms with Crippen molar-refractivity contribution >= 4 is 17.9 Å². The average Bonchev–Trinajstić information content (AvgIpc) is 2.10. The van der Waals surface area contributed by atoms with Gasteiger partial charge in [0.1, 0.15) is 6.04 Å². The van der Waals surface area contributed by atoms with Crippen LogP contribution in [0.15, 0.2) is 0 Å². The van der Waals surface area contributed by atoms with Gasteiger partial charge in [-0.15, -0.1) is 0 Å². The maximum Gasteiger partial charge on any atom is 0.329 e. The Morgan fingerprint density at radius 3 is 2.62 bits per heavy atom. The lowest BCUT2D eigenvalue weighted by Crippen LogP contribution is -2.60. The first-order chi connectivity index (χ1) is 6.06. The molecular formula is C7H10N2O4. The van der Waals surface area contributed by atoms with Crippen LogP contribution in [0.5, 0.6) is 0 Å². The molecule has 1 rings (SSSR count). The van der Waals surface area contributed by atoms with Crippen molar-refractivity contribution in [2.75, 3.05) is 7.11 Å². The molecule has 13 heavy (non-hydrogen) atoms. The van der Waals surface area contributed by atoms with Gasteiger partial charge in [0, 0.05) is 0 Å². The summed E-state index contributed by atoms with van der Waals surface area (Å²) in [5.41, 5.74) is 0. The molecule has 2 atom stereocenters.